The van der Waals surface area contributed by atoms with E-state index in [-0.39, 0.29) is 5.91 Å². The molecule has 0 aliphatic carbocycles. The van der Waals surface area contributed by atoms with Crippen molar-refractivity contribution in [1.82, 2.24) is 14.6 Å². The number of benzene rings is 3. The quantitative estimate of drug-likeness (QED) is 0.437. The summed E-state index contributed by atoms with van der Waals surface area (Å²) >= 11 is 0. The molecule has 1 aliphatic heterocycles. The van der Waals surface area contributed by atoms with E-state index in [4.69, 9.17) is 0 Å². The highest BCUT2D eigenvalue weighted by molar-refractivity contribution is 6.06. The van der Waals surface area contributed by atoms with Crippen LogP contribution in [-0.4, -0.2) is 27.0 Å². The summed E-state index contributed by atoms with van der Waals surface area (Å²) < 4.78 is 1.76. The first-order valence-corrected chi connectivity index (χ1v) is 10.0. The van der Waals surface area contributed by atoms with Gasteiger partial charge in [0.1, 0.15) is 0 Å². The summed E-state index contributed by atoms with van der Waals surface area (Å²) in [6.45, 7) is 0.678. The second kappa shape index (κ2) is 6.52. The zero-order valence-electron chi connectivity index (χ0n) is 16.2. The Morgan fingerprint density at radius 1 is 0.867 bits per heavy atom. The van der Waals surface area contributed by atoms with Crippen molar-refractivity contribution in [1.29, 1.82) is 0 Å². The van der Waals surface area contributed by atoms with Crippen molar-refractivity contribution in [2.45, 2.75) is 6.42 Å². The van der Waals surface area contributed by atoms with Gasteiger partial charge in [-0.15, -0.1) is 0 Å². The van der Waals surface area contributed by atoms with E-state index in [2.05, 4.69) is 46.5 Å². The largest absolute Gasteiger partial charge is 0.306 e. The number of hydrogen-bond acceptors (Lipinski definition) is 3. The number of carbonyl (C=O) groups excluding carboxylic acids is 1. The molecule has 30 heavy (non-hydrogen) atoms. The van der Waals surface area contributed by atoms with Crippen LogP contribution in [0.5, 0.6) is 0 Å². The van der Waals surface area contributed by atoms with Crippen LogP contribution in [0.1, 0.15) is 16.1 Å². The summed E-state index contributed by atoms with van der Waals surface area (Å²) in [4.78, 5) is 19.5. The highest BCUT2D eigenvalue weighted by Gasteiger charge is 2.27. The van der Waals surface area contributed by atoms with Gasteiger partial charge < -0.3 is 4.90 Å². The molecule has 1 amide bonds. The van der Waals surface area contributed by atoms with Crippen LogP contribution in [-0.2, 0) is 6.42 Å². The molecule has 144 valence electrons. The van der Waals surface area contributed by atoms with Gasteiger partial charge in [0.25, 0.3) is 5.91 Å². The summed E-state index contributed by atoms with van der Waals surface area (Å²) in [5.74, 6) is -0.0880. The predicted octanol–water partition coefficient (Wildman–Crippen LogP) is 4.75. The number of carbonyl (C=O) groups is 1. The smallest absolute Gasteiger partial charge is 0.278 e. The Hall–Kier alpha value is -3.99. The molecule has 0 spiro atoms. The highest BCUT2D eigenvalue weighted by atomic mass is 16.2. The second-order valence-corrected chi connectivity index (χ2v) is 7.53. The van der Waals surface area contributed by atoms with Gasteiger partial charge in [-0.05, 0) is 41.0 Å². The molecule has 0 N–H and O–H groups in total. The average molecular weight is 390 g/mol. The molecule has 3 aromatic carbocycles. The first-order chi connectivity index (χ1) is 14.8. The van der Waals surface area contributed by atoms with Crippen LogP contribution in [0.2, 0.25) is 0 Å². The summed E-state index contributed by atoms with van der Waals surface area (Å²) in [6, 6.07) is 26.3. The third kappa shape index (κ3) is 2.59. The number of hydrogen-bond donors (Lipinski definition) is 0. The molecule has 3 heterocycles. The van der Waals surface area contributed by atoms with Crippen LogP contribution in [0.4, 0.5) is 5.69 Å². The monoisotopic (exact) mass is 390 g/mol. The summed E-state index contributed by atoms with van der Waals surface area (Å²) in [5, 5.41) is 7.00. The Bertz CT molecular complexity index is 1440. The molecule has 6 rings (SSSR count). The van der Waals surface area contributed by atoms with Crippen molar-refractivity contribution in [2.75, 3.05) is 11.4 Å². The Kier molecular flexibility index (Phi) is 3.68. The van der Waals surface area contributed by atoms with Crippen LogP contribution in [0.3, 0.4) is 0 Å². The highest BCUT2D eigenvalue weighted by Crippen LogP contribution is 2.29. The molecular formula is C25H18N4O. The molecule has 5 nitrogen and oxygen atoms in total. The lowest BCUT2D eigenvalue weighted by Gasteiger charge is -2.15. The van der Waals surface area contributed by atoms with E-state index in [1.807, 2.05) is 41.3 Å². The minimum atomic E-state index is -0.0880. The van der Waals surface area contributed by atoms with Gasteiger partial charge in [-0.1, -0.05) is 54.6 Å². The lowest BCUT2D eigenvalue weighted by atomic mass is 10.1. The molecule has 0 saturated carbocycles. The maximum atomic E-state index is 13.2. The van der Waals surface area contributed by atoms with Crippen LogP contribution >= 0.6 is 0 Å². The van der Waals surface area contributed by atoms with E-state index in [0.29, 0.717) is 17.9 Å². The molecule has 0 unspecified atom stereocenters. The SMILES string of the molecule is O=C(c1cc2nccc(-c3ccc4ccccc4c3)n2n1)N1CCc2ccccc21. The van der Waals surface area contributed by atoms with Crippen LogP contribution in [0.25, 0.3) is 27.7 Å². The van der Waals surface area contributed by atoms with Gasteiger partial charge >= 0.3 is 0 Å². The Morgan fingerprint density at radius 2 is 1.70 bits per heavy atom. The number of nitrogens with zero attached hydrogens (tertiary/aromatic N) is 4. The van der Waals surface area contributed by atoms with Crippen molar-refractivity contribution in [3.8, 4) is 11.3 Å². The van der Waals surface area contributed by atoms with Crippen molar-refractivity contribution in [3.63, 3.8) is 0 Å². The molecule has 5 aromatic rings. The lowest BCUT2D eigenvalue weighted by Crippen LogP contribution is -2.29. The zero-order chi connectivity index (χ0) is 20.1. The van der Waals surface area contributed by atoms with E-state index in [9.17, 15) is 4.79 Å². The van der Waals surface area contributed by atoms with E-state index in [0.717, 1.165) is 28.8 Å². The molecule has 2 aromatic heterocycles. The normalized spacial score (nSPS) is 13.1. The Morgan fingerprint density at radius 3 is 2.63 bits per heavy atom. The van der Waals surface area contributed by atoms with Gasteiger partial charge in [-0.25, -0.2) is 9.50 Å². The van der Waals surface area contributed by atoms with Crippen molar-refractivity contribution >= 4 is 28.0 Å². The van der Waals surface area contributed by atoms with Gasteiger partial charge in [0, 0.05) is 30.1 Å². The summed E-state index contributed by atoms with van der Waals surface area (Å²) in [7, 11) is 0. The first kappa shape index (κ1) is 16.9. The average Bonchev–Trinajstić information content (AvgIpc) is 3.42. The van der Waals surface area contributed by atoms with E-state index < -0.39 is 0 Å². The molecule has 0 fully saturated rings. The Labute approximate surface area is 173 Å². The second-order valence-electron chi connectivity index (χ2n) is 7.53. The van der Waals surface area contributed by atoms with Crippen molar-refractivity contribution in [3.05, 3.63) is 96.3 Å². The standard InChI is InChI=1S/C25H18N4O/c30-25(28-14-12-18-6-3-4-8-22(18)28)21-16-24-26-13-11-23(29(24)27-21)20-10-9-17-5-1-2-7-19(17)15-20/h1-11,13,15-16H,12,14H2. The maximum Gasteiger partial charge on any atom is 0.278 e. The fourth-order valence-corrected chi connectivity index (χ4v) is 4.25. The fourth-order valence-electron chi connectivity index (χ4n) is 4.25. The van der Waals surface area contributed by atoms with E-state index >= 15 is 0 Å². The van der Waals surface area contributed by atoms with Gasteiger partial charge in [-0.3, -0.25) is 4.79 Å². The molecule has 0 bridgehead atoms. The number of aromatic nitrogens is 3. The number of anilines is 1. The number of para-hydroxylation sites is 1. The minimum Gasteiger partial charge on any atom is -0.306 e. The zero-order valence-corrected chi connectivity index (χ0v) is 16.2. The van der Waals surface area contributed by atoms with E-state index in [1.165, 1.54) is 10.9 Å². The third-order valence-corrected chi connectivity index (χ3v) is 5.75. The number of fused-ring (bicyclic) bond motifs is 3. The molecular weight excluding hydrogens is 372 g/mol. The summed E-state index contributed by atoms with van der Waals surface area (Å²) in [6.07, 6.45) is 2.64. The topological polar surface area (TPSA) is 50.5 Å². The molecule has 5 heteroatoms. The third-order valence-electron chi connectivity index (χ3n) is 5.75. The fraction of sp³-hybridized carbons (Fsp3) is 0.0800. The summed E-state index contributed by atoms with van der Waals surface area (Å²) in [5.41, 5.74) is 5.19. The van der Waals surface area contributed by atoms with Crippen LogP contribution < -0.4 is 4.90 Å². The lowest BCUT2D eigenvalue weighted by molar-refractivity contribution is 0.0984. The molecule has 0 atom stereocenters. The number of amides is 1. The first-order valence-electron chi connectivity index (χ1n) is 10.0. The van der Waals surface area contributed by atoms with Crippen molar-refractivity contribution in [2.24, 2.45) is 0 Å². The molecule has 1 aliphatic rings. The Balaban J connectivity index is 1.44. The minimum absolute atomic E-state index is 0.0880. The van der Waals surface area contributed by atoms with Crippen LogP contribution in [0.15, 0.2) is 85.1 Å². The maximum absolute atomic E-state index is 13.2. The van der Waals surface area contributed by atoms with Gasteiger partial charge in [0.05, 0.1) is 5.69 Å². The van der Waals surface area contributed by atoms with Crippen molar-refractivity contribution < 1.29 is 4.79 Å². The van der Waals surface area contributed by atoms with Crippen LogP contribution in [0, 0.1) is 0 Å². The van der Waals surface area contributed by atoms with Gasteiger partial charge in [0.15, 0.2) is 11.3 Å². The number of rotatable bonds is 2. The molecule has 0 saturated heterocycles. The van der Waals surface area contributed by atoms with Gasteiger partial charge in [-0.2, -0.15) is 5.10 Å². The van der Waals surface area contributed by atoms with E-state index in [1.54, 1.807) is 16.8 Å². The predicted molar refractivity (Wildman–Crippen MR) is 118 cm³/mol. The molecule has 0 radical (unpaired) electrons. The van der Waals surface area contributed by atoms with Gasteiger partial charge in [0.2, 0.25) is 0 Å².